The van der Waals surface area contributed by atoms with Crippen LogP contribution in [0.3, 0.4) is 0 Å². The molecule has 0 saturated heterocycles. The van der Waals surface area contributed by atoms with E-state index in [0.717, 1.165) is 0 Å². The Kier molecular flexibility index (Phi) is 2.42. The number of phenolic OH excluding ortho intramolecular Hbond substituents is 1. The minimum absolute atomic E-state index is 0.0146. The maximum atomic E-state index is 11.7. The standard InChI is InChI=1S/C11H12N2O4/c1-11(9(15)13-10(12)17-11)6-3-4-7(14)8(5-6)16-2/h3-5,14H,1-2H3,(H2,12,13,15). The first-order valence-corrected chi connectivity index (χ1v) is 4.92. The summed E-state index contributed by atoms with van der Waals surface area (Å²) in [6, 6.07) is 4.33. The van der Waals surface area contributed by atoms with E-state index in [0.29, 0.717) is 5.56 Å². The van der Waals surface area contributed by atoms with Crippen LogP contribution in [0.5, 0.6) is 11.5 Å². The average molecular weight is 236 g/mol. The highest BCUT2D eigenvalue weighted by Crippen LogP contribution is 2.36. The largest absolute Gasteiger partial charge is 0.504 e. The molecule has 1 heterocycles. The van der Waals surface area contributed by atoms with Gasteiger partial charge in [-0.1, -0.05) is 6.07 Å². The number of hydrogen-bond donors (Lipinski definition) is 2. The molecule has 0 bridgehead atoms. The molecule has 1 aliphatic heterocycles. The van der Waals surface area contributed by atoms with Crippen molar-refractivity contribution in [1.82, 2.24) is 0 Å². The normalized spacial score (nSPS) is 23.2. The molecule has 2 rings (SSSR count). The Hall–Kier alpha value is -2.24. The molecule has 90 valence electrons. The Bertz CT molecular complexity index is 512. The molecule has 0 fully saturated rings. The van der Waals surface area contributed by atoms with E-state index in [9.17, 15) is 9.90 Å². The van der Waals surface area contributed by atoms with Gasteiger partial charge in [-0.25, -0.2) is 0 Å². The van der Waals surface area contributed by atoms with Gasteiger partial charge in [-0.2, -0.15) is 4.99 Å². The molecule has 1 aliphatic rings. The van der Waals surface area contributed by atoms with Gasteiger partial charge in [0.2, 0.25) is 5.60 Å². The molecule has 1 unspecified atom stereocenters. The van der Waals surface area contributed by atoms with Crippen molar-refractivity contribution in [1.29, 1.82) is 0 Å². The van der Waals surface area contributed by atoms with Crippen LogP contribution in [0.2, 0.25) is 0 Å². The third-order valence-electron chi connectivity index (χ3n) is 2.66. The Balaban J connectivity index is 2.45. The zero-order valence-electron chi connectivity index (χ0n) is 9.43. The van der Waals surface area contributed by atoms with Crippen molar-refractivity contribution in [3.63, 3.8) is 0 Å². The fraction of sp³-hybridized carbons (Fsp3) is 0.273. The van der Waals surface area contributed by atoms with Gasteiger partial charge in [0.25, 0.3) is 11.9 Å². The number of nitrogens with two attached hydrogens (primary N) is 1. The van der Waals surface area contributed by atoms with Gasteiger partial charge in [-0.15, -0.1) is 0 Å². The van der Waals surface area contributed by atoms with Crippen LogP contribution in [-0.2, 0) is 15.1 Å². The average Bonchev–Trinajstić information content (AvgIpc) is 2.54. The van der Waals surface area contributed by atoms with Crippen molar-refractivity contribution in [3.8, 4) is 11.5 Å². The topological polar surface area (TPSA) is 94.1 Å². The number of ether oxygens (including phenoxy) is 2. The summed E-state index contributed by atoms with van der Waals surface area (Å²) in [6.07, 6.45) is 0. The molecule has 1 amide bonds. The molecule has 6 heteroatoms. The summed E-state index contributed by atoms with van der Waals surface area (Å²) in [5.74, 6) is -0.243. The maximum absolute atomic E-state index is 11.7. The first kappa shape index (κ1) is 11.3. The van der Waals surface area contributed by atoms with Crippen molar-refractivity contribution >= 4 is 11.9 Å². The summed E-state index contributed by atoms with van der Waals surface area (Å²) in [7, 11) is 1.42. The number of carbonyl (C=O) groups is 1. The van der Waals surface area contributed by atoms with E-state index < -0.39 is 11.5 Å². The van der Waals surface area contributed by atoms with E-state index in [-0.39, 0.29) is 17.5 Å². The number of rotatable bonds is 2. The summed E-state index contributed by atoms with van der Waals surface area (Å²) in [6.45, 7) is 1.56. The number of aliphatic imine (C=N–C) groups is 1. The van der Waals surface area contributed by atoms with Gasteiger partial charge in [-0.3, -0.25) is 4.79 Å². The highest BCUT2D eigenvalue weighted by Gasteiger charge is 2.43. The minimum Gasteiger partial charge on any atom is -0.504 e. The van der Waals surface area contributed by atoms with Gasteiger partial charge in [0.05, 0.1) is 7.11 Å². The summed E-state index contributed by atoms with van der Waals surface area (Å²) < 4.78 is 10.2. The van der Waals surface area contributed by atoms with E-state index in [1.165, 1.54) is 19.2 Å². The monoisotopic (exact) mass is 236 g/mol. The molecule has 1 aromatic carbocycles. The fourth-order valence-corrected chi connectivity index (χ4v) is 1.64. The minimum atomic E-state index is -1.26. The smallest absolute Gasteiger partial charge is 0.298 e. The van der Waals surface area contributed by atoms with Gasteiger partial charge >= 0.3 is 0 Å². The van der Waals surface area contributed by atoms with E-state index in [1.807, 2.05) is 0 Å². The molecule has 0 saturated carbocycles. The summed E-state index contributed by atoms with van der Waals surface area (Å²) in [4.78, 5) is 15.2. The second-order valence-corrected chi connectivity index (χ2v) is 3.78. The molecular weight excluding hydrogens is 224 g/mol. The predicted octanol–water partition coefficient (Wildman–Crippen LogP) is 0.487. The van der Waals surface area contributed by atoms with Crippen LogP contribution in [0.15, 0.2) is 23.2 Å². The van der Waals surface area contributed by atoms with Crippen LogP contribution in [0.1, 0.15) is 12.5 Å². The lowest BCUT2D eigenvalue weighted by Gasteiger charge is -2.21. The number of aromatic hydroxyl groups is 1. The first-order chi connectivity index (χ1) is 7.97. The Morgan fingerprint density at radius 3 is 2.76 bits per heavy atom. The first-order valence-electron chi connectivity index (χ1n) is 4.92. The van der Waals surface area contributed by atoms with Gasteiger partial charge in [0.1, 0.15) is 0 Å². The molecule has 1 atom stereocenters. The fourth-order valence-electron chi connectivity index (χ4n) is 1.64. The van der Waals surface area contributed by atoms with Crippen LogP contribution in [0.4, 0.5) is 0 Å². The van der Waals surface area contributed by atoms with E-state index >= 15 is 0 Å². The lowest BCUT2D eigenvalue weighted by atomic mass is 9.95. The van der Waals surface area contributed by atoms with E-state index in [1.54, 1.807) is 13.0 Å². The highest BCUT2D eigenvalue weighted by molar-refractivity contribution is 6.01. The van der Waals surface area contributed by atoms with Crippen molar-refractivity contribution in [2.45, 2.75) is 12.5 Å². The quantitative estimate of drug-likeness (QED) is 0.779. The molecule has 0 radical (unpaired) electrons. The molecule has 6 nitrogen and oxygen atoms in total. The second-order valence-electron chi connectivity index (χ2n) is 3.78. The number of methoxy groups -OCH3 is 1. The lowest BCUT2D eigenvalue weighted by molar-refractivity contribution is -0.130. The Morgan fingerprint density at radius 1 is 1.53 bits per heavy atom. The number of carbonyl (C=O) groups excluding carboxylic acids is 1. The number of nitrogens with zero attached hydrogens (tertiary/aromatic N) is 1. The molecule has 0 aromatic heterocycles. The molecule has 0 aliphatic carbocycles. The Labute approximate surface area is 97.7 Å². The van der Waals surface area contributed by atoms with Crippen molar-refractivity contribution in [2.24, 2.45) is 10.7 Å². The number of hydrogen-bond acceptors (Lipinski definition) is 5. The summed E-state index contributed by atoms with van der Waals surface area (Å²) in [5, 5.41) is 9.48. The van der Waals surface area contributed by atoms with E-state index in [2.05, 4.69) is 4.99 Å². The number of phenols is 1. The number of benzene rings is 1. The van der Waals surface area contributed by atoms with Crippen LogP contribution in [0, 0.1) is 0 Å². The van der Waals surface area contributed by atoms with Gasteiger partial charge in [-0.05, 0) is 19.1 Å². The summed E-state index contributed by atoms with van der Waals surface area (Å²) >= 11 is 0. The molecule has 17 heavy (non-hydrogen) atoms. The van der Waals surface area contributed by atoms with Crippen LogP contribution in [-0.4, -0.2) is 24.1 Å². The zero-order valence-corrected chi connectivity index (χ0v) is 9.43. The number of amidine groups is 1. The predicted molar refractivity (Wildman–Crippen MR) is 59.7 cm³/mol. The SMILES string of the molecule is COc1cc(C2(C)OC(N)=NC2=O)ccc1O. The molecular formula is C11H12N2O4. The third kappa shape index (κ3) is 1.67. The molecule has 1 aromatic rings. The van der Waals surface area contributed by atoms with Crippen molar-refractivity contribution < 1.29 is 19.4 Å². The lowest BCUT2D eigenvalue weighted by Crippen LogP contribution is -2.31. The second kappa shape index (κ2) is 3.65. The molecule has 3 N–H and O–H groups in total. The highest BCUT2D eigenvalue weighted by atomic mass is 16.5. The van der Waals surface area contributed by atoms with Gasteiger partial charge in [0, 0.05) is 5.56 Å². The summed E-state index contributed by atoms with van der Waals surface area (Å²) in [5.41, 5.74) is 4.62. The van der Waals surface area contributed by atoms with Crippen molar-refractivity contribution in [3.05, 3.63) is 23.8 Å². The molecule has 0 spiro atoms. The van der Waals surface area contributed by atoms with Crippen LogP contribution >= 0.6 is 0 Å². The van der Waals surface area contributed by atoms with Crippen molar-refractivity contribution in [2.75, 3.05) is 7.11 Å². The van der Waals surface area contributed by atoms with Crippen LogP contribution < -0.4 is 10.5 Å². The van der Waals surface area contributed by atoms with Gasteiger partial charge in [0.15, 0.2) is 11.5 Å². The van der Waals surface area contributed by atoms with Gasteiger partial charge < -0.3 is 20.3 Å². The third-order valence-corrected chi connectivity index (χ3v) is 2.66. The number of amides is 1. The maximum Gasteiger partial charge on any atom is 0.298 e. The zero-order chi connectivity index (χ0) is 12.6. The van der Waals surface area contributed by atoms with Crippen LogP contribution in [0.25, 0.3) is 0 Å². The Morgan fingerprint density at radius 2 is 2.24 bits per heavy atom. The van der Waals surface area contributed by atoms with E-state index in [4.69, 9.17) is 15.2 Å².